The molecular weight excluding hydrogens is 470 g/mol. The van der Waals surface area contributed by atoms with Gasteiger partial charge in [0.15, 0.2) is 5.78 Å². The van der Waals surface area contributed by atoms with Gasteiger partial charge >= 0.3 is 0 Å². The van der Waals surface area contributed by atoms with Gasteiger partial charge in [0.1, 0.15) is 6.04 Å². The SMILES string of the molecule is CC(CCNC(=O)c1ccc(N2CCCC2)cc1)CC(=O)N1CCC2C1C(=O)CN2C(=O)C(N)C(C)C. The number of nitrogens with zero attached hydrogens (tertiary/aromatic N) is 3. The maximum absolute atomic E-state index is 13.1. The maximum atomic E-state index is 13.1. The van der Waals surface area contributed by atoms with Crippen molar-refractivity contribution in [1.82, 2.24) is 15.1 Å². The Bertz CT molecular complexity index is 1000. The molecule has 3 N–H and O–H groups in total. The van der Waals surface area contributed by atoms with E-state index in [-0.39, 0.29) is 47.9 Å². The van der Waals surface area contributed by atoms with E-state index in [1.54, 1.807) is 9.80 Å². The van der Waals surface area contributed by atoms with Gasteiger partial charge in [-0.1, -0.05) is 20.8 Å². The van der Waals surface area contributed by atoms with Gasteiger partial charge in [0, 0.05) is 43.9 Å². The fourth-order valence-corrected chi connectivity index (χ4v) is 5.72. The molecule has 0 radical (unpaired) electrons. The lowest BCUT2D eigenvalue weighted by molar-refractivity contribution is -0.137. The lowest BCUT2D eigenvalue weighted by Gasteiger charge is -2.28. The van der Waals surface area contributed by atoms with Gasteiger partial charge < -0.3 is 25.8 Å². The van der Waals surface area contributed by atoms with E-state index in [0.717, 1.165) is 18.8 Å². The van der Waals surface area contributed by atoms with Crippen molar-refractivity contribution in [3.63, 3.8) is 0 Å². The minimum Gasteiger partial charge on any atom is -0.372 e. The molecule has 1 aromatic carbocycles. The van der Waals surface area contributed by atoms with Crippen LogP contribution in [-0.4, -0.2) is 84.2 Å². The summed E-state index contributed by atoms with van der Waals surface area (Å²) in [5, 5.41) is 2.96. The van der Waals surface area contributed by atoms with Gasteiger partial charge in [-0.3, -0.25) is 19.2 Å². The van der Waals surface area contributed by atoms with E-state index in [1.165, 1.54) is 12.8 Å². The molecule has 0 aromatic heterocycles. The summed E-state index contributed by atoms with van der Waals surface area (Å²) in [5.41, 5.74) is 7.84. The summed E-state index contributed by atoms with van der Waals surface area (Å²) in [7, 11) is 0. The fourth-order valence-electron chi connectivity index (χ4n) is 5.72. The molecule has 3 amide bonds. The van der Waals surface area contributed by atoms with Crippen LogP contribution in [0.4, 0.5) is 5.69 Å². The highest BCUT2D eigenvalue weighted by Crippen LogP contribution is 2.31. The van der Waals surface area contributed by atoms with Gasteiger partial charge in [0.2, 0.25) is 11.8 Å². The van der Waals surface area contributed by atoms with Crippen LogP contribution in [0.2, 0.25) is 0 Å². The average Bonchev–Trinajstić information content (AvgIpc) is 3.62. The smallest absolute Gasteiger partial charge is 0.251 e. The Hall–Kier alpha value is -2.94. The summed E-state index contributed by atoms with van der Waals surface area (Å²) in [4.78, 5) is 56.7. The number of amides is 3. The standard InChI is InChI=1S/C28H41N5O4/c1-18(2)25(29)28(37)33-17-23(34)26-22(33)11-15-32(26)24(35)16-19(3)10-12-30-27(36)20-6-8-21(9-7-20)31-13-4-5-14-31/h6-9,18-19,22,25-26H,4-5,10-17,29H2,1-3H3,(H,30,36). The van der Waals surface area contributed by atoms with Crippen LogP contribution in [0.1, 0.15) is 63.2 Å². The molecular formula is C28H41N5O4. The third-order valence-corrected chi connectivity index (χ3v) is 8.08. The van der Waals surface area contributed by atoms with Gasteiger partial charge in [-0.25, -0.2) is 0 Å². The number of benzene rings is 1. The number of carbonyl (C=O) groups is 4. The zero-order chi connectivity index (χ0) is 26.7. The molecule has 37 heavy (non-hydrogen) atoms. The highest BCUT2D eigenvalue weighted by Gasteiger charge is 2.51. The summed E-state index contributed by atoms with van der Waals surface area (Å²) < 4.78 is 0. The minimum atomic E-state index is -0.644. The normalized spacial score (nSPS) is 22.9. The quantitative estimate of drug-likeness (QED) is 0.522. The zero-order valence-corrected chi connectivity index (χ0v) is 22.3. The number of ketones is 1. The molecule has 4 unspecified atom stereocenters. The minimum absolute atomic E-state index is 0.0172. The zero-order valence-electron chi connectivity index (χ0n) is 22.3. The predicted octanol–water partition coefficient (Wildman–Crippen LogP) is 1.80. The molecule has 3 fully saturated rings. The highest BCUT2D eigenvalue weighted by atomic mass is 16.2. The van der Waals surface area contributed by atoms with Crippen molar-refractivity contribution < 1.29 is 19.2 Å². The number of nitrogens with two attached hydrogens (primary N) is 1. The first-order valence-electron chi connectivity index (χ1n) is 13.7. The highest BCUT2D eigenvalue weighted by molar-refractivity contribution is 5.98. The molecule has 0 bridgehead atoms. The monoisotopic (exact) mass is 511 g/mol. The largest absolute Gasteiger partial charge is 0.372 e. The average molecular weight is 512 g/mol. The number of carbonyl (C=O) groups excluding carboxylic acids is 4. The number of hydrogen-bond acceptors (Lipinski definition) is 6. The number of rotatable bonds is 9. The molecule has 0 spiro atoms. The van der Waals surface area contributed by atoms with E-state index in [9.17, 15) is 19.2 Å². The molecule has 202 valence electrons. The van der Waals surface area contributed by atoms with Gasteiger partial charge in [-0.15, -0.1) is 0 Å². The van der Waals surface area contributed by atoms with E-state index in [0.29, 0.717) is 37.9 Å². The second kappa shape index (κ2) is 11.6. The summed E-state index contributed by atoms with van der Waals surface area (Å²) >= 11 is 0. The lowest BCUT2D eigenvalue weighted by atomic mass is 10.0. The van der Waals surface area contributed by atoms with E-state index >= 15 is 0 Å². The third kappa shape index (κ3) is 5.98. The van der Waals surface area contributed by atoms with Crippen molar-refractivity contribution in [1.29, 1.82) is 0 Å². The van der Waals surface area contributed by atoms with E-state index in [4.69, 9.17) is 5.73 Å². The summed E-state index contributed by atoms with van der Waals surface area (Å²) in [5.74, 6) is -0.449. The van der Waals surface area contributed by atoms with Crippen molar-refractivity contribution in [3.8, 4) is 0 Å². The number of Topliss-reactive ketones (excluding diaryl/α,β-unsaturated/α-hetero) is 1. The molecule has 4 atom stereocenters. The van der Waals surface area contributed by atoms with Gasteiger partial charge in [0.25, 0.3) is 5.91 Å². The molecule has 0 aliphatic carbocycles. The van der Waals surface area contributed by atoms with Crippen LogP contribution < -0.4 is 16.0 Å². The topological polar surface area (TPSA) is 116 Å². The number of likely N-dealkylation sites (tertiary alicyclic amines) is 2. The van der Waals surface area contributed by atoms with Crippen LogP contribution in [0, 0.1) is 11.8 Å². The van der Waals surface area contributed by atoms with Crippen LogP contribution in [0.5, 0.6) is 0 Å². The molecule has 9 nitrogen and oxygen atoms in total. The molecule has 1 aromatic rings. The van der Waals surface area contributed by atoms with Crippen LogP contribution in [-0.2, 0) is 14.4 Å². The molecule has 3 aliphatic heterocycles. The molecule has 4 rings (SSSR count). The number of hydrogen-bond donors (Lipinski definition) is 2. The van der Waals surface area contributed by atoms with Crippen LogP contribution in [0.15, 0.2) is 24.3 Å². The number of nitrogens with one attached hydrogen (secondary N) is 1. The number of fused-ring (bicyclic) bond motifs is 1. The van der Waals surface area contributed by atoms with Crippen molar-refractivity contribution in [3.05, 3.63) is 29.8 Å². The molecule has 9 heteroatoms. The van der Waals surface area contributed by atoms with Crippen molar-refractivity contribution in [2.45, 2.75) is 71.0 Å². The van der Waals surface area contributed by atoms with E-state index in [1.807, 2.05) is 45.0 Å². The van der Waals surface area contributed by atoms with Crippen LogP contribution >= 0.6 is 0 Å². The third-order valence-electron chi connectivity index (χ3n) is 8.08. The van der Waals surface area contributed by atoms with Crippen molar-refractivity contribution >= 4 is 29.2 Å². The van der Waals surface area contributed by atoms with E-state index < -0.39 is 12.1 Å². The molecule has 3 saturated heterocycles. The van der Waals surface area contributed by atoms with Gasteiger partial charge in [0.05, 0.1) is 18.6 Å². The van der Waals surface area contributed by atoms with Crippen LogP contribution in [0.25, 0.3) is 0 Å². The van der Waals surface area contributed by atoms with Gasteiger partial charge in [-0.2, -0.15) is 0 Å². The summed E-state index contributed by atoms with van der Waals surface area (Å²) in [6.45, 7) is 8.86. The van der Waals surface area contributed by atoms with Crippen molar-refractivity contribution in [2.75, 3.05) is 37.6 Å². The predicted molar refractivity (Wildman–Crippen MR) is 142 cm³/mol. The van der Waals surface area contributed by atoms with Crippen LogP contribution in [0.3, 0.4) is 0 Å². The first kappa shape index (κ1) is 27.1. The second-order valence-corrected chi connectivity index (χ2v) is 11.2. The first-order valence-corrected chi connectivity index (χ1v) is 13.7. The Balaban J connectivity index is 1.23. The lowest BCUT2D eigenvalue weighted by Crippen LogP contribution is -2.49. The van der Waals surface area contributed by atoms with E-state index in [2.05, 4.69) is 10.2 Å². The molecule has 0 saturated carbocycles. The van der Waals surface area contributed by atoms with Crippen molar-refractivity contribution in [2.24, 2.45) is 17.6 Å². The Morgan fingerprint density at radius 2 is 1.70 bits per heavy atom. The second-order valence-electron chi connectivity index (χ2n) is 11.2. The molecule has 3 aliphatic rings. The summed E-state index contributed by atoms with van der Waals surface area (Å²) in [6.07, 6.45) is 3.98. The Morgan fingerprint density at radius 3 is 2.35 bits per heavy atom. The van der Waals surface area contributed by atoms with Gasteiger partial charge in [-0.05, 0) is 61.8 Å². The fraction of sp³-hybridized carbons (Fsp3) is 0.643. The molecule has 3 heterocycles. The Labute approximate surface area is 219 Å². The summed E-state index contributed by atoms with van der Waals surface area (Å²) in [6, 6.07) is 6.24. The number of anilines is 1. The maximum Gasteiger partial charge on any atom is 0.251 e. The Morgan fingerprint density at radius 1 is 1.03 bits per heavy atom. The first-order chi connectivity index (χ1) is 17.7. The Kier molecular flexibility index (Phi) is 8.52.